The maximum absolute atomic E-state index is 12.1. The Bertz CT molecular complexity index is 1140. The second-order valence-corrected chi connectivity index (χ2v) is 6.01. The molecule has 0 unspecified atom stereocenters. The van der Waals surface area contributed by atoms with Crippen molar-refractivity contribution in [3.63, 3.8) is 0 Å². The molecule has 3 aromatic rings. The van der Waals surface area contributed by atoms with Gasteiger partial charge >= 0.3 is 5.63 Å². The Morgan fingerprint density at radius 3 is 2.56 bits per heavy atom. The van der Waals surface area contributed by atoms with Crippen LogP contribution in [0.4, 0.5) is 5.69 Å². The standard InChI is InChI=1S/C18H12ClN3O5/c1-10(20-21-17(23)11-2-4-13(19)5-3-11)15-9-12-8-14(22(25)26)6-7-16(12)27-18(15)24/h2-9H,1H3,(H,21,23)/b20-10+. The maximum atomic E-state index is 12.1. The van der Waals surface area contributed by atoms with Gasteiger partial charge in [0.2, 0.25) is 0 Å². The number of nitrogens with zero attached hydrogens (tertiary/aromatic N) is 2. The van der Waals surface area contributed by atoms with E-state index < -0.39 is 16.5 Å². The normalized spacial score (nSPS) is 11.4. The van der Waals surface area contributed by atoms with Crippen molar-refractivity contribution >= 4 is 39.9 Å². The summed E-state index contributed by atoms with van der Waals surface area (Å²) < 4.78 is 5.17. The van der Waals surface area contributed by atoms with E-state index in [-0.39, 0.29) is 22.5 Å². The number of rotatable bonds is 4. The summed E-state index contributed by atoms with van der Waals surface area (Å²) in [5, 5.41) is 15.7. The third-order valence-corrected chi connectivity index (χ3v) is 4.00. The largest absolute Gasteiger partial charge is 0.422 e. The Morgan fingerprint density at radius 2 is 1.89 bits per heavy atom. The van der Waals surface area contributed by atoms with Crippen LogP contribution in [0.15, 0.2) is 62.8 Å². The first-order valence-corrected chi connectivity index (χ1v) is 8.06. The fourth-order valence-electron chi connectivity index (χ4n) is 2.34. The number of fused-ring (bicyclic) bond motifs is 1. The number of carbonyl (C=O) groups excluding carboxylic acids is 1. The summed E-state index contributed by atoms with van der Waals surface area (Å²) in [5.74, 6) is -0.480. The van der Waals surface area contributed by atoms with Gasteiger partial charge in [0.15, 0.2) is 0 Å². The van der Waals surface area contributed by atoms with E-state index in [0.717, 1.165) is 0 Å². The highest BCUT2D eigenvalue weighted by Gasteiger charge is 2.13. The first kappa shape index (κ1) is 18.3. The molecule has 1 heterocycles. The van der Waals surface area contributed by atoms with Crippen molar-refractivity contribution in [3.05, 3.63) is 85.2 Å². The molecule has 0 saturated carbocycles. The molecule has 0 bridgehead atoms. The molecular formula is C18H12ClN3O5. The van der Waals surface area contributed by atoms with E-state index in [1.165, 1.54) is 43.3 Å². The van der Waals surface area contributed by atoms with Gasteiger partial charge in [-0.05, 0) is 43.3 Å². The van der Waals surface area contributed by atoms with Crippen LogP contribution < -0.4 is 11.1 Å². The Kier molecular flexibility index (Phi) is 5.00. The summed E-state index contributed by atoms with van der Waals surface area (Å²) in [4.78, 5) is 34.6. The van der Waals surface area contributed by atoms with Crippen LogP contribution in [0.1, 0.15) is 22.8 Å². The lowest BCUT2D eigenvalue weighted by atomic mass is 10.1. The van der Waals surface area contributed by atoms with Crippen LogP contribution in [-0.4, -0.2) is 16.5 Å². The zero-order chi connectivity index (χ0) is 19.6. The van der Waals surface area contributed by atoms with Crippen molar-refractivity contribution in [1.29, 1.82) is 0 Å². The van der Waals surface area contributed by atoms with Crippen molar-refractivity contribution in [1.82, 2.24) is 5.43 Å². The summed E-state index contributed by atoms with van der Waals surface area (Å²) in [6.45, 7) is 1.51. The lowest BCUT2D eigenvalue weighted by Crippen LogP contribution is -2.21. The van der Waals surface area contributed by atoms with Crippen LogP contribution >= 0.6 is 11.6 Å². The molecule has 8 nitrogen and oxygen atoms in total. The van der Waals surface area contributed by atoms with E-state index in [2.05, 4.69) is 10.5 Å². The van der Waals surface area contributed by atoms with E-state index in [0.29, 0.717) is 16.0 Å². The minimum Gasteiger partial charge on any atom is -0.422 e. The summed E-state index contributed by atoms with van der Waals surface area (Å²) in [6, 6.07) is 11.5. The van der Waals surface area contributed by atoms with Gasteiger partial charge in [-0.1, -0.05) is 11.6 Å². The van der Waals surface area contributed by atoms with E-state index in [1.54, 1.807) is 12.1 Å². The van der Waals surface area contributed by atoms with Gasteiger partial charge in [-0.2, -0.15) is 5.10 Å². The van der Waals surface area contributed by atoms with Crippen molar-refractivity contribution in [2.24, 2.45) is 5.10 Å². The Hall–Kier alpha value is -3.52. The molecule has 0 aliphatic rings. The number of amides is 1. The van der Waals surface area contributed by atoms with Crippen molar-refractivity contribution in [3.8, 4) is 0 Å². The molecule has 1 aromatic heterocycles. The minimum absolute atomic E-state index is 0.0828. The number of hydrazone groups is 1. The molecule has 1 N–H and O–H groups in total. The molecule has 0 spiro atoms. The average molecular weight is 386 g/mol. The van der Waals surface area contributed by atoms with Crippen molar-refractivity contribution < 1.29 is 14.1 Å². The fourth-order valence-corrected chi connectivity index (χ4v) is 2.46. The minimum atomic E-state index is -0.668. The van der Waals surface area contributed by atoms with Crippen molar-refractivity contribution in [2.75, 3.05) is 0 Å². The summed E-state index contributed by atoms with van der Waals surface area (Å²) in [6.07, 6.45) is 0. The first-order valence-electron chi connectivity index (χ1n) is 7.68. The van der Waals surface area contributed by atoms with E-state index in [4.69, 9.17) is 16.0 Å². The third kappa shape index (κ3) is 4.01. The molecule has 0 saturated heterocycles. The monoisotopic (exact) mass is 385 g/mol. The highest BCUT2D eigenvalue weighted by molar-refractivity contribution is 6.30. The van der Waals surface area contributed by atoms with E-state index in [1.807, 2.05) is 0 Å². The smallest absolute Gasteiger partial charge is 0.345 e. The molecule has 9 heteroatoms. The summed E-state index contributed by atoms with van der Waals surface area (Å²) >= 11 is 5.77. The van der Waals surface area contributed by atoms with Crippen LogP contribution in [0, 0.1) is 10.1 Å². The van der Waals surface area contributed by atoms with Crippen LogP contribution in [0.25, 0.3) is 11.0 Å². The number of carbonyl (C=O) groups is 1. The number of halogens is 1. The third-order valence-electron chi connectivity index (χ3n) is 3.75. The Morgan fingerprint density at radius 1 is 1.19 bits per heavy atom. The number of hydrogen-bond acceptors (Lipinski definition) is 6. The summed E-state index contributed by atoms with van der Waals surface area (Å²) in [7, 11) is 0. The van der Waals surface area contributed by atoms with Crippen LogP contribution in [0.3, 0.4) is 0 Å². The molecule has 0 aliphatic carbocycles. The van der Waals surface area contributed by atoms with Gasteiger partial charge in [0, 0.05) is 28.1 Å². The summed E-state index contributed by atoms with van der Waals surface area (Å²) in [5.41, 5.74) is 2.38. The second-order valence-electron chi connectivity index (χ2n) is 5.57. The zero-order valence-electron chi connectivity index (χ0n) is 13.9. The lowest BCUT2D eigenvalue weighted by Gasteiger charge is -2.04. The van der Waals surface area contributed by atoms with Gasteiger partial charge in [-0.25, -0.2) is 10.2 Å². The average Bonchev–Trinajstić information content (AvgIpc) is 2.65. The first-order chi connectivity index (χ1) is 12.8. The van der Waals surface area contributed by atoms with Gasteiger partial charge in [0.05, 0.1) is 16.2 Å². The number of non-ortho nitro benzene ring substituents is 1. The van der Waals surface area contributed by atoms with Crippen LogP contribution in [0.5, 0.6) is 0 Å². The van der Waals surface area contributed by atoms with E-state index in [9.17, 15) is 19.7 Å². The number of hydrogen-bond donors (Lipinski definition) is 1. The topological polar surface area (TPSA) is 115 Å². The zero-order valence-corrected chi connectivity index (χ0v) is 14.7. The Balaban J connectivity index is 1.90. The van der Waals surface area contributed by atoms with Crippen molar-refractivity contribution in [2.45, 2.75) is 6.92 Å². The van der Waals surface area contributed by atoms with Gasteiger partial charge in [0.1, 0.15) is 5.58 Å². The molecule has 0 fully saturated rings. The van der Waals surface area contributed by atoms with Gasteiger partial charge < -0.3 is 4.42 Å². The second kappa shape index (κ2) is 7.38. The van der Waals surface area contributed by atoms with E-state index >= 15 is 0 Å². The van der Waals surface area contributed by atoms with Gasteiger partial charge in [-0.3, -0.25) is 14.9 Å². The number of nitro benzene ring substituents is 1. The SMILES string of the molecule is C/C(=N\NC(=O)c1ccc(Cl)cc1)c1cc2cc([N+](=O)[O-])ccc2oc1=O. The van der Waals surface area contributed by atoms with Crippen LogP contribution in [0.2, 0.25) is 5.02 Å². The molecule has 0 atom stereocenters. The molecule has 0 radical (unpaired) electrons. The van der Waals surface area contributed by atoms with Gasteiger partial charge in [-0.15, -0.1) is 0 Å². The molecule has 0 aliphatic heterocycles. The number of nitro groups is 1. The number of benzene rings is 2. The quantitative estimate of drug-likeness (QED) is 0.319. The molecule has 1 amide bonds. The maximum Gasteiger partial charge on any atom is 0.345 e. The highest BCUT2D eigenvalue weighted by Crippen LogP contribution is 2.20. The fraction of sp³-hybridized carbons (Fsp3) is 0.0556. The molecule has 2 aromatic carbocycles. The predicted octanol–water partition coefficient (Wildman–Crippen LogP) is 3.51. The number of nitrogens with one attached hydrogen (secondary N) is 1. The molecule has 136 valence electrons. The Labute approximate surface area is 157 Å². The van der Waals surface area contributed by atoms with Gasteiger partial charge in [0.25, 0.3) is 11.6 Å². The lowest BCUT2D eigenvalue weighted by molar-refractivity contribution is -0.384. The highest BCUT2D eigenvalue weighted by atomic mass is 35.5. The predicted molar refractivity (Wildman–Crippen MR) is 100 cm³/mol. The van der Waals surface area contributed by atoms with Crippen LogP contribution in [-0.2, 0) is 0 Å². The molecule has 27 heavy (non-hydrogen) atoms. The molecular weight excluding hydrogens is 374 g/mol. The molecule has 3 rings (SSSR count).